The van der Waals surface area contributed by atoms with Gasteiger partial charge in [-0.15, -0.1) is 11.3 Å². The summed E-state index contributed by atoms with van der Waals surface area (Å²) in [6.45, 7) is 0. The van der Waals surface area contributed by atoms with Gasteiger partial charge in [0.15, 0.2) is 5.58 Å². The first-order chi connectivity index (χ1) is 10.2. The average Bonchev–Trinajstić information content (AvgIpc) is 2.99. The van der Waals surface area contributed by atoms with E-state index in [-0.39, 0.29) is 0 Å². The molecule has 1 aliphatic rings. The lowest BCUT2D eigenvalue weighted by Gasteiger charge is -2.24. The second-order valence-corrected chi connectivity index (χ2v) is 8.27. The van der Waals surface area contributed by atoms with Crippen molar-refractivity contribution in [1.82, 2.24) is 4.98 Å². The van der Waals surface area contributed by atoms with Crippen molar-refractivity contribution in [2.24, 2.45) is 0 Å². The zero-order valence-corrected chi connectivity index (χ0v) is 14.1. The van der Waals surface area contributed by atoms with Crippen molar-refractivity contribution < 1.29 is 4.42 Å². The fourth-order valence-electron chi connectivity index (χ4n) is 2.91. The van der Waals surface area contributed by atoms with Crippen molar-refractivity contribution in [3.8, 4) is 0 Å². The number of thiophene rings is 1. The first kappa shape index (κ1) is 13.4. The van der Waals surface area contributed by atoms with E-state index in [1.165, 1.54) is 26.2 Å². The normalized spacial score (nSPS) is 17.9. The van der Waals surface area contributed by atoms with Gasteiger partial charge in [0.05, 0.1) is 14.4 Å². The van der Waals surface area contributed by atoms with Gasteiger partial charge in [0.2, 0.25) is 0 Å². The van der Waals surface area contributed by atoms with E-state index in [0.29, 0.717) is 11.6 Å². The van der Waals surface area contributed by atoms with Crippen molar-refractivity contribution in [3.63, 3.8) is 0 Å². The Hall–Kier alpha value is -1.28. The molecule has 1 aliphatic carbocycles. The summed E-state index contributed by atoms with van der Waals surface area (Å²) in [7, 11) is 0. The zero-order valence-electron chi connectivity index (χ0n) is 11.1. The molecule has 4 nitrogen and oxygen atoms in total. The minimum Gasteiger partial charge on any atom is -0.408 e. The highest BCUT2D eigenvalue weighted by atomic mass is 127. The number of oxazole rings is 1. The van der Waals surface area contributed by atoms with Crippen LogP contribution in [0, 0.1) is 2.88 Å². The summed E-state index contributed by atoms with van der Waals surface area (Å²) in [6.07, 6.45) is 3.54. The van der Waals surface area contributed by atoms with Crippen LogP contribution in [0.5, 0.6) is 0 Å². The lowest BCUT2D eigenvalue weighted by molar-refractivity contribution is 0.555. The molecule has 0 amide bonds. The molecule has 2 heterocycles. The molecule has 1 atom stereocenters. The Balaban J connectivity index is 1.67. The van der Waals surface area contributed by atoms with Crippen LogP contribution in [-0.4, -0.2) is 4.98 Å². The van der Waals surface area contributed by atoms with Crippen LogP contribution in [-0.2, 0) is 6.42 Å². The van der Waals surface area contributed by atoms with Crippen LogP contribution < -0.4 is 11.1 Å². The Morgan fingerprint density at radius 2 is 2.29 bits per heavy atom. The lowest BCUT2D eigenvalue weighted by atomic mass is 9.94. The van der Waals surface area contributed by atoms with Gasteiger partial charge in [-0.1, -0.05) is 0 Å². The fourth-order valence-corrected chi connectivity index (χ4v) is 5.03. The summed E-state index contributed by atoms with van der Waals surface area (Å²) in [5.74, 6) is -0.408. The molecule has 2 N–H and O–H groups in total. The van der Waals surface area contributed by atoms with E-state index >= 15 is 0 Å². The Bertz CT molecular complexity index is 864. The number of H-pyrrole nitrogens is 1. The number of anilines is 1. The molecule has 0 fully saturated rings. The maximum atomic E-state index is 11.2. The molecule has 1 unspecified atom stereocenters. The molecule has 2 aromatic heterocycles. The van der Waals surface area contributed by atoms with Gasteiger partial charge in [0.1, 0.15) is 0 Å². The predicted octanol–water partition coefficient (Wildman–Crippen LogP) is 4.28. The van der Waals surface area contributed by atoms with Crippen molar-refractivity contribution in [2.45, 2.75) is 25.3 Å². The topological polar surface area (TPSA) is 58.0 Å². The number of aromatic nitrogens is 1. The van der Waals surface area contributed by atoms with Gasteiger partial charge in [-0.25, -0.2) is 4.79 Å². The number of rotatable bonds is 2. The van der Waals surface area contributed by atoms with Crippen LogP contribution in [0.25, 0.3) is 11.1 Å². The standard InChI is InChI=1S/C15H13IN2O2S/c16-14-7-9-10(2-1-3-13(9)21-14)17-8-4-5-12-11(6-8)18-15(19)20-12/h4-7,10,17H,1-3H2,(H,18,19). The third-order valence-corrected chi connectivity index (χ3v) is 5.81. The molecule has 0 saturated carbocycles. The maximum absolute atomic E-state index is 11.2. The minimum atomic E-state index is -0.408. The largest absolute Gasteiger partial charge is 0.417 e. The number of aromatic amines is 1. The number of hydrogen-bond acceptors (Lipinski definition) is 4. The number of hydrogen-bond donors (Lipinski definition) is 2. The first-order valence-electron chi connectivity index (χ1n) is 6.86. The molecule has 0 spiro atoms. The molecule has 0 radical (unpaired) electrons. The van der Waals surface area contributed by atoms with Gasteiger partial charge >= 0.3 is 5.76 Å². The minimum absolute atomic E-state index is 0.351. The molecule has 0 aliphatic heterocycles. The van der Waals surface area contributed by atoms with E-state index in [0.717, 1.165) is 17.6 Å². The maximum Gasteiger partial charge on any atom is 0.417 e. The Morgan fingerprint density at radius 1 is 1.38 bits per heavy atom. The van der Waals surface area contributed by atoms with E-state index in [9.17, 15) is 4.79 Å². The van der Waals surface area contributed by atoms with Crippen molar-refractivity contribution in [1.29, 1.82) is 0 Å². The van der Waals surface area contributed by atoms with Gasteiger partial charge in [0, 0.05) is 10.6 Å². The van der Waals surface area contributed by atoms with E-state index in [2.05, 4.69) is 39.0 Å². The summed E-state index contributed by atoms with van der Waals surface area (Å²) in [5.41, 5.74) is 3.77. The highest BCUT2D eigenvalue weighted by molar-refractivity contribution is 14.1. The Morgan fingerprint density at radius 3 is 3.19 bits per heavy atom. The lowest BCUT2D eigenvalue weighted by Crippen LogP contribution is -2.15. The number of benzene rings is 1. The Kier molecular flexibility index (Phi) is 3.30. The molecular formula is C15H13IN2O2S. The number of nitrogens with one attached hydrogen (secondary N) is 2. The van der Waals surface area contributed by atoms with Crippen LogP contribution in [0.3, 0.4) is 0 Å². The molecule has 108 valence electrons. The quantitative estimate of drug-likeness (QED) is 0.618. The first-order valence-corrected chi connectivity index (χ1v) is 8.76. The van der Waals surface area contributed by atoms with Crippen LogP contribution >= 0.6 is 33.9 Å². The summed E-state index contributed by atoms with van der Waals surface area (Å²) in [4.78, 5) is 15.4. The summed E-state index contributed by atoms with van der Waals surface area (Å²) in [6, 6.07) is 8.37. The monoisotopic (exact) mass is 412 g/mol. The van der Waals surface area contributed by atoms with Crippen molar-refractivity contribution in [3.05, 3.63) is 48.1 Å². The molecule has 4 rings (SSSR count). The van der Waals surface area contributed by atoms with Gasteiger partial charge < -0.3 is 9.73 Å². The van der Waals surface area contributed by atoms with Crippen molar-refractivity contribution in [2.75, 3.05) is 5.32 Å². The second kappa shape index (κ2) is 5.17. The van der Waals surface area contributed by atoms with Crippen LogP contribution in [0.1, 0.15) is 29.3 Å². The van der Waals surface area contributed by atoms with Gasteiger partial charge in [-0.05, 0) is 71.7 Å². The van der Waals surface area contributed by atoms with Crippen molar-refractivity contribution >= 4 is 50.7 Å². The Labute approximate surface area is 138 Å². The van der Waals surface area contributed by atoms with E-state index < -0.39 is 5.76 Å². The van der Waals surface area contributed by atoms with E-state index in [1.54, 1.807) is 0 Å². The number of fused-ring (bicyclic) bond motifs is 2. The van der Waals surface area contributed by atoms with E-state index in [4.69, 9.17) is 4.42 Å². The molecular weight excluding hydrogens is 399 g/mol. The van der Waals surface area contributed by atoms with Gasteiger partial charge in [-0.3, -0.25) is 4.98 Å². The SMILES string of the molecule is O=c1[nH]c2cc(NC3CCCc4sc(I)cc43)ccc2o1. The second-order valence-electron chi connectivity index (χ2n) is 5.24. The molecule has 1 aromatic carbocycles. The van der Waals surface area contributed by atoms with Crippen LogP contribution in [0.2, 0.25) is 0 Å². The highest BCUT2D eigenvalue weighted by Crippen LogP contribution is 2.38. The molecule has 3 aromatic rings. The summed E-state index contributed by atoms with van der Waals surface area (Å²) < 4.78 is 6.38. The summed E-state index contributed by atoms with van der Waals surface area (Å²) >= 11 is 4.29. The number of halogens is 1. The number of aryl methyl sites for hydroxylation is 1. The third kappa shape index (κ3) is 2.50. The predicted molar refractivity (Wildman–Crippen MR) is 93.2 cm³/mol. The zero-order chi connectivity index (χ0) is 14.4. The molecule has 6 heteroatoms. The third-order valence-electron chi connectivity index (χ3n) is 3.84. The smallest absolute Gasteiger partial charge is 0.408 e. The average molecular weight is 412 g/mol. The fraction of sp³-hybridized carbons (Fsp3) is 0.267. The molecule has 0 bridgehead atoms. The molecule has 21 heavy (non-hydrogen) atoms. The summed E-state index contributed by atoms with van der Waals surface area (Å²) in [5, 5.41) is 3.59. The van der Waals surface area contributed by atoms with Gasteiger partial charge in [0.25, 0.3) is 0 Å². The molecule has 0 saturated heterocycles. The highest BCUT2D eigenvalue weighted by Gasteiger charge is 2.22. The van der Waals surface area contributed by atoms with E-state index in [1.807, 2.05) is 29.5 Å². The van der Waals surface area contributed by atoms with Crippen LogP contribution in [0.15, 0.2) is 33.5 Å². The van der Waals surface area contributed by atoms with Crippen LogP contribution in [0.4, 0.5) is 5.69 Å². The van der Waals surface area contributed by atoms with Gasteiger partial charge in [-0.2, -0.15) is 0 Å².